The van der Waals surface area contributed by atoms with Crippen LogP contribution < -0.4 is 4.90 Å². The van der Waals surface area contributed by atoms with E-state index in [9.17, 15) is 23.3 Å². The van der Waals surface area contributed by atoms with Crippen LogP contribution in [0.3, 0.4) is 0 Å². The van der Waals surface area contributed by atoms with Crippen molar-refractivity contribution in [2.75, 3.05) is 26.2 Å². The minimum absolute atomic E-state index is 0.0256. The number of nitrogens with zero attached hydrogens (tertiary/aromatic N) is 2. The number of sulfonamides is 1. The largest absolute Gasteiger partial charge is 0.299 e. The maximum atomic E-state index is 12.3. The summed E-state index contributed by atoms with van der Waals surface area (Å²) in [4.78, 5) is 21.3. The van der Waals surface area contributed by atoms with Gasteiger partial charge in [-0.3, -0.25) is 15.0 Å². The summed E-state index contributed by atoms with van der Waals surface area (Å²) in [6.07, 6.45) is 0.774. The van der Waals surface area contributed by atoms with E-state index < -0.39 is 14.9 Å². The molecule has 9 heteroatoms. The first-order valence-electron chi connectivity index (χ1n) is 5.99. The molecule has 1 aromatic rings. The van der Waals surface area contributed by atoms with Gasteiger partial charge in [-0.25, -0.2) is 13.2 Å². The summed E-state index contributed by atoms with van der Waals surface area (Å²) in [6, 6.07) is 4.79. The molecule has 0 unspecified atom stereocenters. The van der Waals surface area contributed by atoms with E-state index in [0.29, 0.717) is 18.0 Å². The quantitative estimate of drug-likeness (QED) is 0.420. The molecule has 0 bridgehead atoms. The van der Waals surface area contributed by atoms with Crippen LogP contribution in [0.1, 0.15) is 0 Å². The summed E-state index contributed by atoms with van der Waals surface area (Å²) in [6.45, 7) is 1.37. The van der Waals surface area contributed by atoms with Crippen LogP contribution in [0.5, 0.6) is 0 Å². The first-order valence-corrected chi connectivity index (χ1v) is 7.43. The van der Waals surface area contributed by atoms with Crippen molar-refractivity contribution in [2.45, 2.75) is 4.90 Å². The molecule has 1 heterocycles. The average Bonchev–Trinajstić information content (AvgIpc) is 2.47. The maximum absolute atomic E-state index is 12.3. The molecule has 1 aliphatic rings. The van der Waals surface area contributed by atoms with Crippen molar-refractivity contribution in [1.82, 2.24) is 4.31 Å². The predicted octanol–water partition coefficient (Wildman–Crippen LogP) is -1.36. The fraction of sp³-hybridized carbons (Fsp3) is 0.364. The molecule has 0 radical (unpaired) electrons. The second kappa shape index (κ2) is 5.65. The summed E-state index contributed by atoms with van der Waals surface area (Å²) in [5.41, 5.74) is -0.154. The topological polar surface area (TPSA) is 102 Å². The molecule has 1 aromatic carbocycles. The lowest BCUT2D eigenvalue weighted by atomic mass is 10.3. The Morgan fingerprint density at radius 2 is 1.75 bits per heavy atom. The number of piperazine rings is 1. The zero-order valence-electron chi connectivity index (χ0n) is 10.6. The van der Waals surface area contributed by atoms with E-state index in [4.69, 9.17) is 0 Å². The molecule has 108 valence electrons. The number of carbonyl (C=O) groups is 1. The highest BCUT2D eigenvalue weighted by atomic mass is 32.2. The molecular formula is C11H14N3O5S+. The third-order valence-corrected chi connectivity index (χ3v) is 5.13. The number of nitro groups is 1. The zero-order chi connectivity index (χ0) is 14.8. The van der Waals surface area contributed by atoms with Crippen molar-refractivity contribution in [3.8, 4) is 0 Å². The van der Waals surface area contributed by atoms with Crippen molar-refractivity contribution in [2.24, 2.45) is 0 Å². The van der Waals surface area contributed by atoms with E-state index in [2.05, 4.69) is 0 Å². The maximum Gasteiger partial charge on any atom is 0.299 e. The minimum Gasteiger partial charge on any atom is -0.272 e. The number of nitro benzene ring substituents is 1. The first kappa shape index (κ1) is 14.6. The molecule has 1 N–H and O–H groups in total. The Bertz CT molecular complexity index is 605. The van der Waals surface area contributed by atoms with Gasteiger partial charge in [-0.15, -0.1) is 0 Å². The van der Waals surface area contributed by atoms with Crippen LogP contribution in [0.15, 0.2) is 29.2 Å². The van der Waals surface area contributed by atoms with Gasteiger partial charge in [-0.1, -0.05) is 0 Å². The van der Waals surface area contributed by atoms with E-state index >= 15 is 0 Å². The molecule has 2 rings (SSSR count). The van der Waals surface area contributed by atoms with E-state index in [1.807, 2.05) is 0 Å². The number of nitrogens with one attached hydrogen (secondary N) is 1. The number of carbonyl (C=O) groups excluding carboxylic acids is 1. The molecule has 20 heavy (non-hydrogen) atoms. The van der Waals surface area contributed by atoms with Crippen LogP contribution in [-0.4, -0.2) is 50.2 Å². The third kappa shape index (κ3) is 2.84. The Morgan fingerprint density at radius 3 is 2.20 bits per heavy atom. The highest BCUT2D eigenvalue weighted by Crippen LogP contribution is 2.19. The lowest BCUT2D eigenvalue weighted by Crippen LogP contribution is -3.14. The SMILES string of the molecule is O=C[NH+]1CCN(S(=O)(=O)c2ccc([N+](=O)[O-])cc2)CC1. The van der Waals surface area contributed by atoms with E-state index in [1.165, 1.54) is 28.6 Å². The van der Waals surface area contributed by atoms with Gasteiger partial charge in [-0.05, 0) is 12.1 Å². The predicted molar refractivity (Wildman–Crippen MR) is 68.6 cm³/mol. The van der Waals surface area contributed by atoms with Crippen LogP contribution in [-0.2, 0) is 14.8 Å². The fourth-order valence-electron chi connectivity index (χ4n) is 2.02. The monoisotopic (exact) mass is 300 g/mol. The van der Waals surface area contributed by atoms with Gasteiger partial charge in [0.05, 0.1) is 36.0 Å². The molecule has 0 aliphatic carbocycles. The molecule has 8 nitrogen and oxygen atoms in total. The Balaban J connectivity index is 2.18. The molecular weight excluding hydrogens is 286 g/mol. The highest BCUT2D eigenvalue weighted by molar-refractivity contribution is 7.89. The van der Waals surface area contributed by atoms with Crippen LogP contribution in [0.25, 0.3) is 0 Å². The molecule has 1 saturated heterocycles. The van der Waals surface area contributed by atoms with E-state index in [1.54, 1.807) is 0 Å². The Morgan fingerprint density at radius 1 is 1.20 bits per heavy atom. The number of hydrogen-bond donors (Lipinski definition) is 1. The van der Waals surface area contributed by atoms with Crippen LogP contribution in [0.2, 0.25) is 0 Å². The summed E-state index contributed by atoms with van der Waals surface area (Å²) < 4.78 is 25.9. The van der Waals surface area contributed by atoms with Gasteiger partial charge in [-0.2, -0.15) is 4.31 Å². The number of hydrogen-bond acceptors (Lipinski definition) is 5. The van der Waals surface area contributed by atoms with Crippen molar-refractivity contribution in [1.29, 1.82) is 0 Å². The van der Waals surface area contributed by atoms with Gasteiger partial charge in [0.1, 0.15) is 0 Å². The second-order valence-electron chi connectivity index (χ2n) is 4.43. The summed E-state index contributed by atoms with van der Waals surface area (Å²) >= 11 is 0. The molecule has 0 atom stereocenters. The number of rotatable bonds is 4. The normalized spacial score (nSPS) is 17.8. The van der Waals surface area contributed by atoms with Gasteiger partial charge in [0.15, 0.2) is 0 Å². The molecule has 1 fully saturated rings. The number of benzene rings is 1. The molecule has 0 spiro atoms. The Labute approximate surface area is 115 Å². The van der Waals surface area contributed by atoms with Crippen molar-refractivity contribution >= 4 is 22.1 Å². The second-order valence-corrected chi connectivity index (χ2v) is 6.37. The summed E-state index contributed by atoms with van der Waals surface area (Å²) in [7, 11) is -3.65. The lowest BCUT2D eigenvalue weighted by Gasteiger charge is -2.28. The third-order valence-electron chi connectivity index (χ3n) is 3.22. The van der Waals surface area contributed by atoms with Crippen LogP contribution in [0, 0.1) is 10.1 Å². The van der Waals surface area contributed by atoms with Crippen LogP contribution in [0.4, 0.5) is 5.69 Å². The molecule has 0 aromatic heterocycles. The first-order chi connectivity index (χ1) is 9.45. The van der Waals surface area contributed by atoms with Gasteiger partial charge in [0.2, 0.25) is 10.0 Å². The lowest BCUT2D eigenvalue weighted by molar-refractivity contribution is -0.815. The van der Waals surface area contributed by atoms with Gasteiger partial charge in [0.25, 0.3) is 12.1 Å². The summed E-state index contributed by atoms with van der Waals surface area (Å²) in [5.74, 6) is 0. The standard InChI is InChI=1S/C11H13N3O5S/c15-9-12-5-7-13(8-6-12)20(18,19)11-3-1-10(2-4-11)14(16)17/h1-4,9H,5-8H2/p+1. The van der Waals surface area contributed by atoms with E-state index in [-0.39, 0.29) is 23.7 Å². The van der Waals surface area contributed by atoms with Gasteiger partial charge < -0.3 is 0 Å². The molecule has 1 amide bonds. The minimum atomic E-state index is -3.65. The van der Waals surface area contributed by atoms with Crippen LogP contribution >= 0.6 is 0 Å². The zero-order valence-corrected chi connectivity index (χ0v) is 11.4. The molecule has 1 aliphatic heterocycles. The average molecular weight is 300 g/mol. The van der Waals surface area contributed by atoms with E-state index in [0.717, 1.165) is 6.41 Å². The highest BCUT2D eigenvalue weighted by Gasteiger charge is 2.30. The number of quaternary nitrogens is 1. The molecule has 0 saturated carbocycles. The van der Waals surface area contributed by atoms with Gasteiger partial charge >= 0.3 is 0 Å². The Kier molecular flexibility index (Phi) is 4.12. The Hall–Kier alpha value is -1.84. The summed E-state index contributed by atoms with van der Waals surface area (Å²) in [5, 5.41) is 10.5. The number of non-ortho nitro benzene ring substituents is 1. The fourth-order valence-corrected chi connectivity index (χ4v) is 3.46. The van der Waals surface area contributed by atoms with Gasteiger partial charge in [0, 0.05) is 12.1 Å². The smallest absolute Gasteiger partial charge is 0.272 e. The van der Waals surface area contributed by atoms with Crippen molar-refractivity contribution < 1.29 is 23.0 Å². The van der Waals surface area contributed by atoms with Crippen molar-refractivity contribution in [3.63, 3.8) is 0 Å². The van der Waals surface area contributed by atoms with Crippen molar-refractivity contribution in [3.05, 3.63) is 34.4 Å². The number of amides is 1.